The molecular weight excluding hydrogens is 348 g/mol. The van der Waals surface area contributed by atoms with Crippen molar-refractivity contribution >= 4 is 43.4 Å². The van der Waals surface area contributed by atoms with Crippen molar-refractivity contribution in [2.75, 3.05) is 0 Å². The average molecular weight is 361 g/mol. The van der Waals surface area contributed by atoms with E-state index in [2.05, 4.69) is 20.9 Å². The number of nitrogens with zero attached hydrogens (tertiary/aromatic N) is 2. The predicted molar refractivity (Wildman–Crippen MR) is 89.2 cm³/mol. The fraction of sp³-hybridized carbons (Fsp3) is 0.125. The van der Waals surface area contributed by atoms with Gasteiger partial charge in [-0.3, -0.25) is 4.79 Å². The number of halogens is 1. The normalized spacial score (nSPS) is 12.0. The van der Waals surface area contributed by atoms with E-state index in [1.165, 1.54) is 11.3 Å². The minimum atomic E-state index is -0.123. The number of benzene rings is 2. The molecule has 0 fully saturated rings. The van der Waals surface area contributed by atoms with Gasteiger partial charge in [0.25, 0.3) is 5.91 Å². The second kappa shape index (κ2) is 5.95. The zero-order valence-electron chi connectivity index (χ0n) is 11.4. The molecule has 3 rings (SSSR count). The van der Waals surface area contributed by atoms with Crippen LogP contribution in [0.1, 0.15) is 5.56 Å². The first-order valence-corrected chi connectivity index (χ1v) is 8.11. The number of rotatable bonds is 2. The standard InChI is InChI=1S/C16H13BrN2OS/c1-19-13-8-7-12(17)10-14(13)21-16(19)18-15(20)9-11-5-3-2-4-6-11/h2-8,10H,9H2,1H3. The van der Waals surface area contributed by atoms with Crippen LogP contribution >= 0.6 is 27.3 Å². The van der Waals surface area contributed by atoms with Gasteiger partial charge in [0.05, 0.1) is 16.6 Å². The summed E-state index contributed by atoms with van der Waals surface area (Å²) in [5.74, 6) is -0.123. The smallest absolute Gasteiger partial charge is 0.252 e. The Kier molecular flexibility index (Phi) is 4.03. The van der Waals surface area contributed by atoms with Crippen LogP contribution in [-0.2, 0) is 18.3 Å². The molecule has 5 heteroatoms. The molecule has 1 aromatic heterocycles. The number of thiazole rings is 1. The van der Waals surface area contributed by atoms with E-state index in [0.717, 1.165) is 25.1 Å². The molecule has 1 amide bonds. The Balaban J connectivity index is 1.96. The van der Waals surface area contributed by atoms with E-state index < -0.39 is 0 Å². The topological polar surface area (TPSA) is 34.4 Å². The molecule has 0 saturated heterocycles. The van der Waals surface area contributed by atoms with Crippen molar-refractivity contribution in [2.45, 2.75) is 6.42 Å². The summed E-state index contributed by atoms with van der Waals surface area (Å²) in [6.07, 6.45) is 0.332. The molecule has 0 unspecified atom stereocenters. The predicted octanol–water partition coefficient (Wildman–Crippen LogP) is 3.67. The minimum Gasteiger partial charge on any atom is -0.319 e. The molecule has 106 valence electrons. The van der Waals surface area contributed by atoms with Crippen molar-refractivity contribution in [3.63, 3.8) is 0 Å². The van der Waals surface area contributed by atoms with Crippen LogP contribution < -0.4 is 4.80 Å². The van der Waals surface area contributed by atoms with E-state index in [1.807, 2.05) is 60.1 Å². The molecule has 0 radical (unpaired) electrons. The molecule has 2 aromatic carbocycles. The lowest BCUT2D eigenvalue weighted by molar-refractivity contribution is -0.117. The van der Waals surface area contributed by atoms with Crippen LogP contribution in [0.5, 0.6) is 0 Å². The third-order valence-corrected chi connectivity index (χ3v) is 4.78. The van der Waals surface area contributed by atoms with Crippen molar-refractivity contribution in [3.8, 4) is 0 Å². The van der Waals surface area contributed by atoms with Crippen LogP contribution in [-0.4, -0.2) is 10.5 Å². The first-order valence-electron chi connectivity index (χ1n) is 6.50. The molecular formula is C16H13BrN2OS. The lowest BCUT2D eigenvalue weighted by atomic mass is 10.1. The highest BCUT2D eigenvalue weighted by Gasteiger charge is 2.06. The summed E-state index contributed by atoms with van der Waals surface area (Å²) in [6, 6.07) is 15.7. The van der Waals surface area contributed by atoms with Gasteiger partial charge in [-0.05, 0) is 23.8 Å². The maximum absolute atomic E-state index is 12.1. The maximum Gasteiger partial charge on any atom is 0.252 e. The molecule has 0 aliphatic rings. The summed E-state index contributed by atoms with van der Waals surface area (Å²) in [4.78, 5) is 17.1. The van der Waals surface area contributed by atoms with Crippen LogP contribution in [0.25, 0.3) is 10.2 Å². The second-order valence-electron chi connectivity index (χ2n) is 4.72. The van der Waals surface area contributed by atoms with E-state index >= 15 is 0 Å². The van der Waals surface area contributed by atoms with Crippen molar-refractivity contribution < 1.29 is 4.79 Å². The van der Waals surface area contributed by atoms with Gasteiger partial charge < -0.3 is 4.57 Å². The molecule has 1 heterocycles. The number of amides is 1. The zero-order valence-corrected chi connectivity index (χ0v) is 13.8. The molecule has 3 aromatic rings. The van der Waals surface area contributed by atoms with Gasteiger partial charge >= 0.3 is 0 Å². The Morgan fingerprint density at radius 1 is 1.24 bits per heavy atom. The number of carbonyl (C=O) groups excluding carboxylic acids is 1. The average Bonchev–Trinajstić information content (AvgIpc) is 2.75. The van der Waals surface area contributed by atoms with Crippen molar-refractivity contribution in [3.05, 3.63) is 63.4 Å². The lowest BCUT2D eigenvalue weighted by Crippen LogP contribution is -2.14. The van der Waals surface area contributed by atoms with Crippen LogP contribution in [0.4, 0.5) is 0 Å². The summed E-state index contributed by atoms with van der Waals surface area (Å²) in [5, 5.41) is 0. The minimum absolute atomic E-state index is 0.123. The Morgan fingerprint density at radius 2 is 2.00 bits per heavy atom. The number of hydrogen-bond donors (Lipinski definition) is 0. The molecule has 3 nitrogen and oxygen atoms in total. The van der Waals surface area contributed by atoms with Crippen LogP contribution in [0.2, 0.25) is 0 Å². The molecule has 0 bridgehead atoms. The summed E-state index contributed by atoms with van der Waals surface area (Å²) in [6.45, 7) is 0. The molecule has 0 aliphatic heterocycles. The van der Waals surface area contributed by atoms with E-state index in [4.69, 9.17) is 0 Å². The SMILES string of the molecule is Cn1c(=NC(=O)Cc2ccccc2)sc2cc(Br)ccc21. The second-order valence-corrected chi connectivity index (χ2v) is 6.65. The Bertz CT molecular complexity index is 865. The van der Waals surface area contributed by atoms with E-state index in [-0.39, 0.29) is 5.91 Å². The monoisotopic (exact) mass is 360 g/mol. The van der Waals surface area contributed by atoms with Gasteiger partial charge in [-0.15, -0.1) is 0 Å². The molecule has 0 saturated carbocycles. The summed E-state index contributed by atoms with van der Waals surface area (Å²) in [5.41, 5.74) is 2.06. The van der Waals surface area contributed by atoms with Gasteiger partial charge in [0.15, 0.2) is 4.80 Å². The van der Waals surface area contributed by atoms with Gasteiger partial charge in [-0.1, -0.05) is 57.6 Å². The fourth-order valence-corrected chi connectivity index (χ4v) is 3.72. The van der Waals surface area contributed by atoms with Crippen molar-refractivity contribution in [1.29, 1.82) is 0 Å². The number of aryl methyl sites for hydroxylation is 1. The number of carbonyl (C=O) groups is 1. The Morgan fingerprint density at radius 3 is 2.76 bits per heavy atom. The summed E-state index contributed by atoms with van der Waals surface area (Å²) in [7, 11) is 1.93. The van der Waals surface area contributed by atoms with Crippen LogP contribution in [0.15, 0.2) is 58.0 Å². The van der Waals surface area contributed by atoms with E-state index in [1.54, 1.807) is 0 Å². The van der Waals surface area contributed by atoms with E-state index in [0.29, 0.717) is 6.42 Å². The van der Waals surface area contributed by atoms with Gasteiger partial charge in [0.2, 0.25) is 0 Å². The number of aromatic nitrogens is 1. The molecule has 0 spiro atoms. The van der Waals surface area contributed by atoms with Crippen molar-refractivity contribution in [2.24, 2.45) is 12.0 Å². The van der Waals surface area contributed by atoms with Gasteiger partial charge in [-0.2, -0.15) is 4.99 Å². The summed E-state index contributed by atoms with van der Waals surface area (Å²) < 4.78 is 4.09. The molecule has 0 aliphatic carbocycles. The third-order valence-electron chi connectivity index (χ3n) is 3.19. The first kappa shape index (κ1) is 14.2. The van der Waals surface area contributed by atoms with Crippen LogP contribution in [0.3, 0.4) is 0 Å². The first-order chi connectivity index (χ1) is 10.1. The molecule has 21 heavy (non-hydrogen) atoms. The fourth-order valence-electron chi connectivity index (χ4n) is 2.13. The van der Waals surface area contributed by atoms with Gasteiger partial charge in [0, 0.05) is 11.5 Å². The van der Waals surface area contributed by atoms with Crippen molar-refractivity contribution in [1.82, 2.24) is 4.57 Å². The Labute approximate surface area is 134 Å². The highest BCUT2D eigenvalue weighted by Crippen LogP contribution is 2.21. The van der Waals surface area contributed by atoms with Gasteiger partial charge in [0.1, 0.15) is 0 Å². The third kappa shape index (κ3) is 3.14. The molecule has 0 N–H and O–H groups in total. The summed E-state index contributed by atoms with van der Waals surface area (Å²) >= 11 is 4.98. The zero-order chi connectivity index (χ0) is 14.8. The highest BCUT2D eigenvalue weighted by atomic mass is 79.9. The van der Waals surface area contributed by atoms with Crippen LogP contribution in [0, 0.1) is 0 Å². The molecule has 0 atom stereocenters. The number of fused-ring (bicyclic) bond motifs is 1. The number of hydrogen-bond acceptors (Lipinski definition) is 2. The Hall–Kier alpha value is -1.72. The quantitative estimate of drug-likeness (QED) is 0.686. The van der Waals surface area contributed by atoms with Gasteiger partial charge in [-0.25, -0.2) is 0 Å². The maximum atomic E-state index is 12.1. The largest absolute Gasteiger partial charge is 0.319 e. The highest BCUT2D eigenvalue weighted by molar-refractivity contribution is 9.10. The lowest BCUT2D eigenvalue weighted by Gasteiger charge is -1.97. The van der Waals surface area contributed by atoms with E-state index in [9.17, 15) is 4.79 Å².